The molecule has 0 amide bonds. The summed E-state index contributed by atoms with van der Waals surface area (Å²) in [6, 6.07) is 169. The molecule has 9 heteroatoms. The Hall–Kier alpha value is -18.7. The summed E-state index contributed by atoms with van der Waals surface area (Å²) in [7, 11) is 0. The molecule has 0 N–H and O–H groups in total. The zero-order valence-corrected chi connectivity index (χ0v) is 75.1. The number of benzene rings is 22. The third kappa shape index (κ3) is 14.6. The van der Waals surface area contributed by atoms with E-state index < -0.39 is 0 Å². The molecular formula is C130H80N6O3. The Bertz CT molecular complexity index is 9670. The maximum atomic E-state index is 6.26. The van der Waals surface area contributed by atoms with Gasteiger partial charge in [0.1, 0.15) is 33.5 Å². The van der Waals surface area contributed by atoms with E-state index in [4.69, 9.17) is 43.2 Å². The Labute approximate surface area is 799 Å². The molecule has 6 heterocycles. The predicted octanol–water partition coefficient (Wildman–Crippen LogP) is 35.2. The van der Waals surface area contributed by atoms with Crippen LogP contribution in [-0.4, -0.2) is 29.9 Å². The van der Waals surface area contributed by atoms with Crippen molar-refractivity contribution < 1.29 is 13.3 Å². The lowest BCUT2D eigenvalue weighted by Crippen LogP contribution is -1.96. The first-order valence-electron chi connectivity index (χ1n) is 46.9. The molecule has 0 bridgehead atoms. The van der Waals surface area contributed by atoms with E-state index in [9.17, 15) is 0 Å². The van der Waals surface area contributed by atoms with Gasteiger partial charge in [-0.1, -0.05) is 425 Å². The van der Waals surface area contributed by atoms with Crippen LogP contribution in [0.2, 0.25) is 0 Å². The van der Waals surface area contributed by atoms with Crippen molar-refractivity contribution in [2.75, 3.05) is 0 Å². The van der Waals surface area contributed by atoms with Crippen LogP contribution in [0.25, 0.3) is 276 Å². The van der Waals surface area contributed by atoms with Crippen molar-refractivity contribution in [1.29, 1.82) is 0 Å². The average Bonchev–Trinajstić information content (AvgIpc) is 1.61. The second-order valence-electron chi connectivity index (χ2n) is 35.2. The Balaban J connectivity index is 0.000000108. The van der Waals surface area contributed by atoms with Crippen LogP contribution in [0.4, 0.5) is 0 Å². The van der Waals surface area contributed by atoms with Crippen LogP contribution in [0, 0.1) is 0 Å². The Kier molecular flexibility index (Phi) is 20.1. The summed E-state index contributed by atoms with van der Waals surface area (Å²) in [6.45, 7) is 0. The zero-order valence-electron chi connectivity index (χ0n) is 75.1. The SMILES string of the molecule is c1ccc(-c2ccc(-c3nc4ccc5ccccc5c4nc3-c3ccc(-c4cccc5oc6ccccc6c45)cc3)cc2)cc1.c1ccc(-c2nc3ccc4c(-c5ccc(-c6cccc7oc8ccccc8c67)c6ccccc56)cccc4c3nc2-c2ccccc2)cc1.c1ccc(-c2nc3ccc4cc(-c5ccc(-c6cccc7oc8ccccc8c67)cc5)ccc4c3nc2-c2ccccc2)cc1. The van der Waals surface area contributed by atoms with Gasteiger partial charge in [0, 0.05) is 81.9 Å². The number of rotatable bonds is 12. The van der Waals surface area contributed by atoms with Crippen LogP contribution in [0.3, 0.4) is 0 Å². The quantitative estimate of drug-likeness (QED) is 0.110. The topological polar surface area (TPSA) is 117 Å². The number of hydrogen-bond acceptors (Lipinski definition) is 9. The van der Waals surface area contributed by atoms with Gasteiger partial charge < -0.3 is 13.3 Å². The highest BCUT2D eigenvalue weighted by atomic mass is 16.3. The number of furan rings is 3. The standard InChI is InChI=1S/C46H28N2O.2C42H26N2O/c1-3-13-29(14-4-1)44-45(30-15-5-2-6-16-30)48-46-38-22-11-20-33(36(38)27-28-40(46)47-44)34-25-26-35(32-18-8-7-17-31(32)34)37-21-12-24-42-43(37)39-19-9-10-23-41(39)49-42;1-3-10-29(11-4-1)40-41(30-12-5-2-6-13-30)44-42-34-24-22-31(26-32(34)23-25-36(42)43-40)27-18-20-28(21-19-27)33-15-9-17-38-39(33)35-14-7-8-16-37(35)45-38;1-2-9-27(10-3-1)28-17-21-31(22-18-28)40-41(44-42-34-12-5-4-11-29(34)25-26-36(42)43-40)32-23-19-30(20-24-32)33-14-8-16-38-39(33)35-13-6-7-15-37(35)45-38/h1-28H;2*1-26H. The van der Waals surface area contributed by atoms with Gasteiger partial charge >= 0.3 is 0 Å². The van der Waals surface area contributed by atoms with E-state index in [1.54, 1.807) is 0 Å². The van der Waals surface area contributed by atoms with Crippen LogP contribution in [0.5, 0.6) is 0 Å². The fourth-order valence-electron chi connectivity index (χ4n) is 20.4. The largest absolute Gasteiger partial charge is 0.456 e. The van der Waals surface area contributed by atoms with Crippen LogP contribution >= 0.6 is 0 Å². The van der Waals surface area contributed by atoms with Gasteiger partial charge in [0.15, 0.2) is 0 Å². The van der Waals surface area contributed by atoms with E-state index in [0.29, 0.717) is 0 Å². The molecule has 0 saturated carbocycles. The van der Waals surface area contributed by atoms with E-state index in [-0.39, 0.29) is 0 Å². The lowest BCUT2D eigenvalue weighted by Gasteiger charge is -2.16. The van der Waals surface area contributed by atoms with E-state index in [1.807, 2.05) is 91.0 Å². The van der Waals surface area contributed by atoms with Gasteiger partial charge in [0.05, 0.1) is 67.3 Å². The number of fused-ring (bicyclic) bond motifs is 19. The smallest absolute Gasteiger partial charge is 0.136 e. The molecule has 9 nitrogen and oxygen atoms in total. The summed E-state index contributed by atoms with van der Waals surface area (Å²) in [5, 5.41) is 16.0. The van der Waals surface area contributed by atoms with Gasteiger partial charge in [-0.25, -0.2) is 29.9 Å². The Morgan fingerprint density at radius 1 is 0.129 bits per heavy atom. The molecule has 0 unspecified atom stereocenters. The third-order valence-corrected chi connectivity index (χ3v) is 27.1. The minimum absolute atomic E-state index is 0.866. The first-order valence-corrected chi connectivity index (χ1v) is 46.9. The molecule has 0 saturated heterocycles. The molecule has 6 aromatic heterocycles. The minimum Gasteiger partial charge on any atom is -0.456 e. The van der Waals surface area contributed by atoms with Crippen LogP contribution < -0.4 is 0 Å². The maximum absolute atomic E-state index is 6.26. The highest BCUT2D eigenvalue weighted by Crippen LogP contribution is 2.48. The molecular weight excluding hydrogens is 1690 g/mol. The second kappa shape index (κ2) is 34.4. The number of aromatic nitrogens is 6. The highest BCUT2D eigenvalue weighted by molar-refractivity contribution is 6.20. The van der Waals surface area contributed by atoms with Crippen molar-refractivity contribution in [3.05, 3.63) is 485 Å². The van der Waals surface area contributed by atoms with Gasteiger partial charge in [-0.15, -0.1) is 0 Å². The van der Waals surface area contributed by atoms with Crippen molar-refractivity contribution in [3.8, 4) is 134 Å². The molecule has 139 heavy (non-hydrogen) atoms. The molecule has 0 fully saturated rings. The summed E-state index contributed by atoms with van der Waals surface area (Å²) >= 11 is 0. The highest BCUT2D eigenvalue weighted by Gasteiger charge is 2.25. The van der Waals surface area contributed by atoms with Gasteiger partial charge in [-0.05, 0) is 154 Å². The molecule has 28 aromatic rings. The molecule has 0 atom stereocenters. The monoisotopic (exact) mass is 1770 g/mol. The Morgan fingerprint density at radius 2 is 0.388 bits per heavy atom. The molecule has 28 rings (SSSR count). The van der Waals surface area contributed by atoms with Crippen LogP contribution in [-0.2, 0) is 0 Å². The third-order valence-electron chi connectivity index (χ3n) is 27.1. The average molecular weight is 1770 g/mol. The molecule has 648 valence electrons. The van der Waals surface area contributed by atoms with Crippen molar-refractivity contribution in [2.24, 2.45) is 0 Å². The summed E-state index contributed by atoms with van der Waals surface area (Å²) < 4.78 is 18.6. The second-order valence-corrected chi connectivity index (χ2v) is 35.2. The number of nitrogens with zero attached hydrogens (tertiary/aromatic N) is 6. The van der Waals surface area contributed by atoms with Crippen molar-refractivity contribution in [1.82, 2.24) is 29.9 Å². The van der Waals surface area contributed by atoms with E-state index in [1.165, 1.54) is 60.8 Å². The molecule has 0 aliphatic rings. The van der Waals surface area contributed by atoms with Crippen molar-refractivity contribution in [3.63, 3.8) is 0 Å². The first kappa shape index (κ1) is 81.1. The van der Waals surface area contributed by atoms with Gasteiger partial charge in [-0.3, -0.25) is 0 Å². The predicted molar refractivity (Wildman–Crippen MR) is 576 cm³/mol. The zero-order chi connectivity index (χ0) is 91.8. The molecule has 0 spiro atoms. The summed E-state index contributed by atoms with van der Waals surface area (Å²) in [5.41, 5.74) is 36.4. The van der Waals surface area contributed by atoms with Crippen LogP contribution in [0.15, 0.2) is 499 Å². The maximum Gasteiger partial charge on any atom is 0.136 e. The van der Waals surface area contributed by atoms with Crippen LogP contribution in [0.1, 0.15) is 0 Å². The summed E-state index contributed by atoms with van der Waals surface area (Å²) in [5.74, 6) is 0. The van der Waals surface area contributed by atoms with E-state index in [0.717, 1.165) is 215 Å². The van der Waals surface area contributed by atoms with Crippen molar-refractivity contribution in [2.45, 2.75) is 0 Å². The molecule has 22 aromatic carbocycles. The van der Waals surface area contributed by atoms with Gasteiger partial charge in [0.25, 0.3) is 0 Å². The number of hydrogen-bond donors (Lipinski definition) is 0. The molecule has 0 aliphatic heterocycles. The normalized spacial score (nSPS) is 11.6. The van der Waals surface area contributed by atoms with Gasteiger partial charge in [0.2, 0.25) is 0 Å². The Morgan fingerprint density at radius 3 is 0.842 bits per heavy atom. The summed E-state index contributed by atoms with van der Waals surface area (Å²) in [4.78, 5) is 31.6. The van der Waals surface area contributed by atoms with E-state index in [2.05, 4.69) is 394 Å². The van der Waals surface area contributed by atoms with E-state index >= 15 is 0 Å². The number of para-hydroxylation sites is 3. The fourth-order valence-corrected chi connectivity index (χ4v) is 20.4. The minimum atomic E-state index is 0.866. The van der Waals surface area contributed by atoms with Gasteiger partial charge in [-0.2, -0.15) is 0 Å². The summed E-state index contributed by atoms with van der Waals surface area (Å²) in [6.07, 6.45) is 0. The first-order chi connectivity index (χ1) is 68.9. The molecule has 0 radical (unpaired) electrons. The molecule has 0 aliphatic carbocycles. The lowest BCUT2D eigenvalue weighted by atomic mass is 9.89. The lowest BCUT2D eigenvalue weighted by molar-refractivity contribution is 0.668. The fraction of sp³-hybridized carbons (Fsp3) is 0. The van der Waals surface area contributed by atoms with Crippen molar-refractivity contribution >= 4 is 142 Å².